The molecular formula is C46H29NO2. The smallest absolute Gasteiger partial charge is 0.136 e. The quantitative estimate of drug-likeness (QED) is 0.190. The van der Waals surface area contributed by atoms with Crippen LogP contribution in [0.5, 0.6) is 0 Å². The van der Waals surface area contributed by atoms with Gasteiger partial charge in [-0.15, -0.1) is 0 Å². The Morgan fingerprint density at radius 2 is 0.898 bits per heavy atom. The molecule has 0 aliphatic rings. The molecule has 8 aromatic carbocycles. The Labute approximate surface area is 282 Å². The summed E-state index contributed by atoms with van der Waals surface area (Å²) in [6.45, 7) is 0. The Morgan fingerprint density at radius 1 is 0.327 bits per heavy atom. The third-order valence-corrected chi connectivity index (χ3v) is 9.65. The molecule has 0 amide bonds. The zero-order valence-corrected chi connectivity index (χ0v) is 26.5. The fourth-order valence-corrected chi connectivity index (χ4v) is 7.38. The largest absolute Gasteiger partial charge is 0.456 e. The van der Waals surface area contributed by atoms with E-state index in [0.717, 1.165) is 77.5 Å². The lowest BCUT2D eigenvalue weighted by atomic mass is 9.98. The van der Waals surface area contributed by atoms with Crippen molar-refractivity contribution < 1.29 is 8.83 Å². The predicted molar refractivity (Wildman–Crippen MR) is 204 cm³/mol. The minimum Gasteiger partial charge on any atom is -0.456 e. The van der Waals surface area contributed by atoms with Crippen molar-refractivity contribution in [3.8, 4) is 22.3 Å². The second kappa shape index (κ2) is 11.0. The number of hydrogen-bond acceptors (Lipinski definition) is 3. The van der Waals surface area contributed by atoms with Crippen LogP contribution in [0, 0.1) is 0 Å². The summed E-state index contributed by atoms with van der Waals surface area (Å²) in [6, 6.07) is 62.1. The fraction of sp³-hybridized carbons (Fsp3) is 0. The fourth-order valence-electron chi connectivity index (χ4n) is 7.38. The van der Waals surface area contributed by atoms with Gasteiger partial charge in [0.2, 0.25) is 0 Å². The van der Waals surface area contributed by atoms with E-state index in [1.165, 1.54) is 16.5 Å². The minimum absolute atomic E-state index is 0.892. The molecule has 0 aliphatic heterocycles. The monoisotopic (exact) mass is 627 g/mol. The van der Waals surface area contributed by atoms with Gasteiger partial charge < -0.3 is 13.7 Å². The van der Waals surface area contributed by atoms with Crippen LogP contribution in [0.15, 0.2) is 185 Å². The van der Waals surface area contributed by atoms with E-state index in [0.29, 0.717) is 0 Å². The van der Waals surface area contributed by atoms with Crippen LogP contribution in [0.4, 0.5) is 17.1 Å². The SMILES string of the molecule is c1ccc(-c2ccc(N(c3cccc(-c4cccc5oc6ccccc6c45)c3)c3ccc4ccc5oc6ccccc6c5c4c3)cc2)cc1. The second-order valence-corrected chi connectivity index (χ2v) is 12.5. The lowest BCUT2D eigenvalue weighted by Gasteiger charge is -2.27. The molecule has 0 radical (unpaired) electrons. The molecule has 0 saturated heterocycles. The second-order valence-electron chi connectivity index (χ2n) is 12.5. The highest BCUT2D eigenvalue weighted by molar-refractivity contribution is 6.19. The van der Waals surface area contributed by atoms with Gasteiger partial charge >= 0.3 is 0 Å². The number of para-hydroxylation sites is 2. The molecule has 0 aliphatic carbocycles. The number of anilines is 3. The zero-order valence-electron chi connectivity index (χ0n) is 26.5. The van der Waals surface area contributed by atoms with E-state index in [2.05, 4.69) is 157 Å². The minimum atomic E-state index is 0.892. The van der Waals surface area contributed by atoms with E-state index in [9.17, 15) is 0 Å². The van der Waals surface area contributed by atoms with Crippen molar-refractivity contribution in [2.24, 2.45) is 0 Å². The highest BCUT2D eigenvalue weighted by atomic mass is 16.3. The van der Waals surface area contributed by atoms with Crippen LogP contribution in [-0.2, 0) is 0 Å². The molecule has 0 atom stereocenters. The normalized spacial score (nSPS) is 11.7. The molecule has 0 saturated carbocycles. The lowest BCUT2D eigenvalue weighted by Crippen LogP contribution is -2.10. The van der Waals surface area contributed by atoms with Crippen molar-refractivity contribution in [1.82, 2.24) is 0 Å². The number of rotatable bonds is 5. The summed E-state index contributed by atoms with van der Waals surface area (Å²) in [4.78, 5) is 2.35. The number of hydrogen-bond donors (Lipinski definition) is 0. The maximum absolute atomic E-state index is 6.29. The van der Waals surface area contributed by atoms with E-state index >= 15 is 0 Å². The first-order valence-electron chi connectivity index (χ1n) is 16.6. The van der Waals surface area contributed by atoms with Crippen LogP contribution in [-0.4, -0.2) is 0 Å². The van der Waals surface area contributed by atoms with Crippen LogP contribution >= 0.6 is 0 Å². The first kappa shape index (κ1) is 27.5. The van der Waals surface area contributed by atoms with Gasteiger partial charge in [0.25, 0.3) is 0 Å². The van der Waals surface area contributed by atoms with Gasteiger partial charge in [0.1, 0.15) is 22.3 Å². The molecule has 3 heteroatoms. The Kier molecular flexibility index (Phi) is 6.18. The molecule has 0 N–H and O–H groups in total. The van der Waals surface area contributed by atoms with Crippen LogP contribution in [0.25, 0.3) is 76.9 Å². The van der Waals surface area contributed by atoms with Crippen LogP contribution in [0.3, 0.4) is 0 Å². The standard InChI is InChI=1S/C46H29NO2/c1-2-10-30(11-3-1)31-20-24-34(25-21-31)47(36-26-22-32-23-27-44-46(40(32)29-36)39-15-5-7-18-42(39)49-44)35-13-8-12-33(28-35)37-16-9-19-43-45(37)38-14-4-6-17-41(38)48-43/h1-29H. The van der Waals surface area contributed by atoms with E-state index < -0.39 is 0 Å². The van der Waals surface area contributed by atoms with Gasteiger partial charge in [0.05, 0.1) is 0 Å². The van der Waals surface area contributed by atoms with Crippen molar-refractivity contribution in [1.29, 1.82) is 0 Å². The highest BCUT2D eigenvalue weighted by Crippen LogP contribution is 2.43. The number of nitrogens with zero attached hydrogens (tertiary/aromatic N) is 1. The predicted octanol–water partition coefficient (Wildman–Crippen LogP) is 13.4. The molecule has 2 heterocycles. The summed E-state index contributed by atoms with van der Waals surface area (Å²) in [5, 5.41) is 6.86. The first-order chi connectivity index (χ1) is 24.3. The molecule has 3 nitrogen and oxygen atoms in total. The summed E-state index contributed by atoms with van der Waals surface area (Å²) in [5.41, 5.74) is 11.5. The van der Waals surface area contributed by atoms with E-state index in [4.69, 9.17) is 8.83 Å². The van der Waals surface area contributed by atoms with Gasteiger partial charge in [-0.2, -0.15) is 0 Å². The molecule has 0 bridgehead atoms. The van der Waals surface area contributed by atoms with Crippen molar-refractivity contribution in [2.75, 3.05) is 4.90 Å². The average Bonchev–Trinajstić information content (AvgIpc) is 3.75. The van der Waals surface area contributed by atoms with Crippen molar-refractivity contribution in [3.05, 3.63) is 176 Å². The Balaban J connectivity index is 1.18. The molecule has 230 valence electrons. The van der Waals surface area contributed by atoms with E-state index in [-0.39, 0.29) is 0 Å². The van der Waals surface area contributed by atoms with Crippen LogP contribution < -0.4 is 4.90 Å². The number of fused-ring (bicyclic) bond motifs is 8. The summed E-state index contributed by atoms with van der Waals surface area (Å²) in [7, 11) is 0. The molecular weight excluding hydrogens is 599 g/mol. The molecule has 10 rings (SSSR count). The van der Waals surface area contributed by atoms with Crippen molar-refractivity contribution in [2.45, 2.75) is 0 Å². The molecule has 2 aromatic heterocycles. The first-order valence-corrected chi connectivity index (χ1v) is 16.6. The topological polar surface area (TPSA) is 29.5 Å². The number of furan rings is 2. The Morgan fingerprint density at radius 3 is 1.69 bits per heavy atom. The van der Waals surface area contributed by atoms with Gasteiger partial charge in [0, 0.05) is 38.6 Å². The zero-order chi connectivity index (χ0) is 32.3. The van der Waals surface area contributed by atoms with Crippen LogP contribution in [0.2, 0.25) is 0 Å². The molecule has 0 spiro atoms. The molecule has 49 heavy (non-hydrogen) atoms. The summed E-state index contributed by atoms with van der Waals surface area (Å²) >= 11 is 0. The number of benzene rings is 8. The molecule has 0 fully saturated rings. The average molecular weight is 628 g/mol. The van der Waals surface area contributed by atoms with Gasteiger partial charge in [-0.25, -0.2) is 0 Å². The summed E-state index contributed by atoms with van der Waals surface area (Å²) in [5.74, 6) is 0. The van der Waals surface area contributed by atoms with Gasteiger partial charge in [-0.05, 0) is 93.7 Å². The molecule has 10 aromatic rings. The third kappa shape index (κ3) is 4.51. The van der Waals surface area contributed by atoms with Crippen LogP contribution in [0.1, 0.15) is 0 Å². The van der Waals surface area contributed by atoms with Crippen molar-refractivity contribution >= 4 is 71.7 Å². The Hall–Kier alpha value is -6.58. The lowest BCUT2D eigenvalue weighted by molar-refractivity contribution is 0.668. The third-order valence-electron chi connectivity index (χ3n) is 9.65. The van der Waals surface area contributed by atoms with E-state index in [1.54, 1.807) is 0 Å². The highest BCUT2D eigenvalue weighted by Gasteiger charge is 2.18. The van der Waals surface area contributed by atoms with Gasteiger partial charge in [-0.1, -0.05) is 115 Å². The Bertz CT molecular complexity index is 2830. The van der Waals surface area contributed by atoms with E-state index in [1.807, 2.05) is 24.3 Å². The summed E-state index contributed by atoms with van der Waals surface area (Å²) < 4.78 is 12.5. The maximum atomic E-state index is 6.29. The summed E-state index contributed by atoms with van der Waals surface area (Å²) in [6.07, 6.45) is 0. The van der Waals surface area contributed by atoms with Gasteiger partial charge in [-0.3, -0.25) is 0 Å². The van der Waals surface area contributed by atoms with Gasteiger partial charge in [0.15, 0.2) is 0 Å². The maximum Gasteiger partial charge on any atom is 0.136 e. The molecule has 0 unspecified atom stereocenters. The van der Waals surface area contributed by atoms with Crippen molar-refractivity contribution in [3.63, 3.8) is 0 Å².